The molecule has 0 saturated carbocycles. The number of rotatable bonds is 2. The SMILES string of the molecule is Cc1nc(F)ccc1[C@](C)(N)C(=O)O. The van der Waals surface area contributed by atoms with E-state index < -0.39 is 17.5 Å². The van der Waals surface area contributed by atoms with Gasteiger partial charge in [0, 0.05) is 11.3 Å². The average molecular weight is 198 g/mol. The summed E-state index contributed by atoms with van der Waals surface area (Å²) in [6.07, 6.45) is 0. The van der Waals surface area contributed by atoms with Gasteiger partial charge in [-0.15, -0.1) is 0 Å². The predicted molar refractivity (Wildman–Crippen MR) is 48.1 cm³/mol. The Kier molecular flexibility index (Phi) is 2.53. The van der Waals surface area contributed by atoms with E-state index in [-0.39, 0.29) is 5.69 Å². The van der Waals surface area contributed by atoms with Crippen LogP contribution < -0.4 is 5.73 Å². The van der Waals surface area contributed by atoms with Crippen molar-refractivity contribution >= 4 is 5.97 Å². The lowest BCUT2D eigenvalue weighted by atomic mass is 9.92. The second-order valence-corrected chi connectivity index (χ2v) is 3.27. The molecule has 14 heavy (non-hydrogen) atoms. The van der Waals surface area contributed by atoms with Gasteiger partial charge in [-0.1, -0.05) is 6.07 Å². The Bertz CT molecular complexity index is 377. The third-order valence-electron chi connectivity index (χ3n) is 2.06. The van der Waals surface area contributed by atoms with Gasteiger partial charge in [0.1, 0.15) is 5.54 Å². The fraction of sp³-hybridized carbons (Fsp3) is 0.333. The van der Waals surface area contributed by atoms with Gasteiger partial charge >= 0.3 is 5.97 Å². The molecular weight excluding hydrogens is 187 g/mol. The van der Waals surface area contributed by atoms with Gasteiger partial charge in [-0.05, 0) is 19.9 Å². The summed E-state index contributed by atoms with van der Waals surface area (Å²) in [7, 11) is 0. The van der Waals surface area contributed by atoms with Gasteiger partial charge in [0.25, 0.3) is 0 Å². The van der Waals surface area contributed by atoms with Gasteiger partial charge in [0.05, 0.1) is 0 Å². The van der Waals surface area contributed by atoms with Gasteiger partial charge in [-0.3, -0.25) is 0 Å². The zero-order valence-electron chi connectivity index (χ0n) is 7.91. The van der Waals surface area contributed by atoms with Gasteiger partial charge < -0.3 is 10.8 Å². The highest BCUT2D eigenvalue weighted by molar-refractivity contribution is 5.80. The highest BCUT2D eigenvalue weighted by atomic mass is 19.1. The normalized spacial score (nSPS) is 14.9. The molecule has 0 amide bonds. The van der Waals surface area contributed by atoms with Crippen LogP contribution in [0.4, 0.5) is 4.39 Å². The van der Waals surface area contributed by atoms with Gasteiger partial charge in [-0.25, -0.2) is 9.78 Å². The number of carboxylic acid groups (broad SMARTS) is 1. The Balaban J connectivity index is 3.26. The van der Waals surface area contributed by atoms with Crippen molar-refractivity contribution in [3.8, 4) is 0 Å². The Morgan fingerprint density at radius 1 is 1.64 bits per heavy atom. The number of pyridine rings is 1. The van der Waals surface area contributed by atoms with E-state index in [4.69, 9.17) is 10.8 Å². The van der Waals surface area contributed by atoms with Crippen molar-refractivity contribution < 1.29 is 14.3 Å². The minimum atomic E-state index is -1.54. The quantitative estimate of drug-likeness (QED) is 0.689. The molecule has 0 spiro atoms. The molecule has 0 radical (unpaired) electrons. The molecule has 0 aromatic carbocycles. The van der Waals surface area contributed by atoms with Gasteiger partial charge in [0.2, 0.25) is 5.95 Å². The second kappa shape index (κ2) is 3.34. The van der Waals surface area contributed by atoms with Gasteiger partial charge in [-0.2, -0.15) is 4.39 Å². The third-order valence-corrected chi connectivity index (χ3v) is 2.06. The number of hydrogen-bond donors (Lipinski definition) is 2. The van der Waals surface area contributed by atoms with Crippen LogP contribution in [0.2, 0.25) is 0 Å². The summed E-state index contributed by atoms with van der Waals surface area (Å²) in [5.41, 5.74) is 4.63. The summed E-state index contributed by atoms with van der Waals surface area (Å²) < 4.78 is 12.6. The number of halogens is 1. The minimum absolute atomic E-state index is 0.289. The monoisotopic (exact) mass is 198 g/mol. The Morgan fingerprint density at radius 3 is 2.64 bits per heavy atom. The molecule has 0 fully saturated rings. The predicted octanol–water partition coefficient (Wildman–Crippen LogP) is 0.788. The van der Waals surface area contributed by atoms with E-state index in [0.29, 0.717) is 5.56 Å². The smallest absolute Gasteiger partial charge is 0.328 e. The number of carbonyl (C=O) groups is 1. The zero-order chi connectivity index (χ0) is 10.9. The first kappa shape index (κ1) is 10.6. The molecular formula is C9H11FN2O2. The Hall–Kier alpha value is -1.49. The van der Waals surface area contributed by atoms with Crippen molar-refractivity contribution in [3.05, 3.63) is 29.3 Å². The molecule has 0 saturated heterocycles. The zero-order valence-corrected chi connectivity index (χ0v) is 7.91. The van der Waals surface area contributed by atoms with Crippen LogP contribution in [-0.4, -0.2) is 16.1 Å². The molecule has 1 atom stereocenters. The van der Waals surface area contributed by atoms with Crippen LogP contribution in [0.3, 0.4) is 0 Å². The maximum Gasteiger partial charge on any atom is 0.328 e. The number of aromatic nitrogens is 1. The fourth-order valence-corrected chi connectivity index (χ4v) is 1.19. The lowest BCUT2D eigenvalue weighted by Crippen LogP contribution is -2.42. The molecule has 0 aliphatic heterocycles. The third kappa shape index (κ3) is 1.72. The van der Waals surface area contributed by atoms with Crippen molar-refractivity contribution in [2.24, 2.45) is 5.73 Å². The van der Waals surface area contributed by atoms with E-state index in [1.165, 1.54) is 19.9 Å². The molecule has 5 heteroatoms. The van der Waals surface area contributed by atoms with Crippen molar-refractivity contribution in [2.75, 3.05) is 0 Å². The van der Waals surface area contributed by atoms with Crippen LogP contribution >= 0.6 is 0 Å². The number of aryl methyl sites for hydroxylation is 1. The van der Waals surface area contributed by atoms with Gasteiger partial charge in [0.15, 0.2) is 0 Å². The highest BCUT2D eigenvalue weighted by Crippen LogP contribution is 2.20. The number of hydrogen-bond acceptors (Lipinski definition) is 3. The number of aliphatic carboxylic acids is 1. The first-order valence-corrected chi connectivity index (χ1v) is 4.01. The summed E-state index contributed by atoms with van der Waals surface area (Å²) in [4.78, 5) is 14.3. The van der Waals surface area contributed by atoms with E-state index in [2.05, 4.69) is 4.98 Å². The van der Waals surface area contributed by atoms with Crippen LogP contribution in [-0.2, 0) is 10.3 Å². The maximum absolute atomic E-state index is 12.6. The minimum Gasteiger partial charge on any atom is -0.480 e. The summed E-state index contributed by atoms with van der Waals surface area (Å²) in [5.74, 6) is -1.82. The summed E-state index contributed by atoms with van der Waals surface area (Å²) in [6.45, 7) is 2.86. The standard InChI is InChI=1S/C9H11FN2O2/c1-5-6(3-4-7(10)12-5)9(2,11)8(13)14/h3-4H,11H2,1-2H3,(H,13,14)/t9-/m0/s1. The molecule has 76 valence electrons. The molecule has 4 nitrogen and oxygen atoms in total. The highest BCUT2D eigenvalue weighted by Gasteiger charge is 2.32. The van der Waals surface area contributed by atoms with E-state index in [0.717, 1.165) is 6.07 Å². The number of nitrogens with zero attached hydrogens (tertiary/aromatic N) is 1. The molecule has 0 aliphatic rings. The van der Waals surface area contributed by atoms with E-state index in [9.17, 15) is 9.18 Å². The van der Waals surface area contributed by atoms with E-state index in [1.807, 2.05) is 0 Å². The molecule has 0 aliphatic carbocycles. The molecule has 1 aromatic rings. The molecule has 1 heterocycles. The number of carboxylic acids is 1. The van der Waals surface area contributed by atoms with Crippen molar-refractivity contribution in [1.29, 1.82) is 0 Å². The summed E-state index contributed by atoms with van der Waals surface area (Å²) in [5, 5.41) is 8.84. The molecule has 1 rings (SSSR count). The lowest BCUT2D eigenvalue weighted by Gasteiger charge is -2.20. The second-order valence-electron chi connectivity index (χ2n) is 3.27. The van der Waals surface area contributed by atoms with Crippen LogP contribution in [0.1, 0.15) is 18.2 Å². The lowest BCUT2D eigenvalue weighted by molar-refractivity contribution is -0.143. The van der Waals surface area contributed by atoms with Crippen molar-refractivity contribution in [1.82, 2.24) is 4.98 Å². The topological polar surface area (TPSA) is 76.2 Å². The molecule has 1 aromatic heterocycles. The van der Waals surface area contributed by atoms with Crippen LogP contribution in [0.15, 0.2) is 12.1 Å². The summed E-state index contributed by atoms with van der Waals surface area (Å²) >= 11 is 0. The number of nitrogens with two attached hydrogens (primary N) is 1. The maximum atomic E-state index is 12.6. The Morgan fingerprint density at radius 2 is 2.21 bits per heavy atom. The fourth-order valence-electron chi connectivity index (χ4n) is 1.19. The largest absolute Gasteiger partial charge is 0.480 e. The van der Waals surface area contributed by atoms with Crippen molar-refractivity contribution in [2.45, 2.75) is 19.4 Å². The summed E-state index contributed by atoms with van der Waals surface area (Å²) in [6, 6.07) is 2.43. The first-order chi connectivity index (χ1) is 6.35. The molecule has 0 unspecified atom stereocenters. The average Bonchev–Trinajstić information content (AvgIpc) is 2.02. The molecule has 0 bridgehead atoms. The Labute approximate surface area is 80.6 Å². The van der Waals surface area contributed by atoms with Crippen molar-refractivity contribution in [3.63, 3.8) is 0 Å². The van der Waals surface area contributed by atoms with E-state index in [1.54, 1.807) is 0 Å². The van der Waals surface area contributed by atoms with Crippen LogP contribution in [0, 0.1) is 12.9 Å². The van der Waals surface area contributed by atoms with Crippen LogP contribution in [0.5, 0.6) is 0 Å². The van der Waals surface area contributed by atoms with E-state index >= 15 is 0 Å². The molecule has 3 N–H and O–H groups in total. The first-order valence-electron chi connectivity index (χ1n) is 4.01. The van der Waals surface area contributed by atoms with Crippen LogP contribution in [0.25, 0.3) is 0 Å².